The highest BCUT2D eigenvalue weighted by Crippen LogP contribution is 2.46. The molecule has 0 radical (unpaired) electrons. The van der Waals surface area contributed by atoms with Crippen molar-refractivity contribution in [2.75, 3.05) is 36.6 Å². The number of fused-ring (bicyclic) bond motifs is 3. The van der Waals surface area contributed by atoms with Crippen LogP contribution in [0.15, 0.2) is 24.5 Å². The van der Waals surface area contributed by atoms with Crippen LogP contribution < -0.4 is 26.2 Å². The molecule has 0 saturated carbocycles. The second-order valence-electron chi connectivity index (χ2n) is 7.22. The van der Waals surface area contributed by atoms with Crippen LogP contribution in [0.25, 0.3) is 11.3 Å². The molecule has 3 amide bonds. The molecule has 0 unspecified atom stereocenters. The first-order valence-corrected chi connectivity index (χ1v) is 9.70. The average Bonchev–Trinajstić information content (AvgIpc) is 3.18. The third-order valence-electron chi connectivity index (χ3n) is 5.26. The maximum absolute atomic E-state index is 12.7. The summed E-state index contributed by atoms with van der Waals surface area (Å²) < 4.78 is 23.8. The minimum absolute atomic E-state index is 0.0182. The van der Waals surface area contributed by atoms with Gasteiger partial charge in [0.25, 0.3) is 5.91 Å². The van der Waals surface area contributed by atoms with Crippen molar-refractivity contribution in [3.8, 4) is 11.3 Å². The van der Waals surface area contributed by atoms with E-state index in [4.69, 9.17) is 4.11 Å². The Morgan fingerprint density at radius 2 is 2.03 bits per heavy atom. The van der Waals surface area contributed by atoms with Crippen LogP contribution in [0.4, 0.5) is 27.8 Å². The summed E-state index contributed by atoms with van der Waals surface area (Å²) in [5.74, 6) is -0.546. The van der Waals surface area contributed by atoms with Gasteiger partial charge in [-0.3, -0.25) is 14.8 Å². The zero-order valence-corrected chi connectivity index (χ0v) is 17.9. The van der Waals surface area contributed by atoms with Gasteiger partial charge in [-0.15, -0.1) is 10.2 Å². The number of nitrogens with zero attached hydrogens (tertiary/aromatic N) is 6. The molecule has 0 saturated heterocycles. The Bertz CT molecular complexity index is 1310. The van der Waals surface area contributed by atoms with Crippen LogP contribution in [0.3, 0.4) is 0 Å². The van der Waals surface area contributed by atoms with Gasteiger partial charge in [0.1, 0.15) is 0 Å². The van der Waals surface area contributed by atoms with Gasteiger partial charge in [0.05, 0.1) is 23.1 Å². The van der Waals surface area contributed by atoms with E-state index >= 15 is 0 Å². The predicted octanol–water partition coefficient (Wildman–Crippen LogP) is 1.64. The molecule has 0 fully saturated rings. The van der Waals surface area contributed by atoms with Crippen LogP contribution in [0, 0.1) is 0 Å². The quantitative estimate of drug-likeness (QED) is 0.481. The fourth-order valence-corrected chi connectivity index (χ4v) is 3.60. The second kappa shape index (κ2) is 8.13. The Morgan fingerprint density at radius 1 is 1.22 bits per heavy atom. The van der Waals surface area contributed by atoms with Gasteiger partial charge < -0.3 is 20.9 Å². The van der Waals surface area contributed by atoms with E-state index in [1.54, 1.807) is 10.9 Å². The molecule has 3 aromatic heterocycles. The van der Waals surface area contributed by atoms with Gasteiger partial charge in [0.2, 0.25) is 0 Å². The van der Waals surface area contributed by atoms with Crippen molar-refractivity contribution in [2.24, 2.45) is 7.05 Å². The fraction of sp³-hybridized carbons (Fsp3) is 0.300. The van der Waals surface area contributed by atoms with Crippen LogP contribution in [0.5, 0.6) is 0 Å². The largest absolute Gasteiger partial charge is 0.364 e. The summed E-state index contributed by atoms with van der Waals surface area (Å²) in [5, 5.41) is 22.1. The molecule has 32 heavy (non-hydrogen) atoms. The summed E-state index contributed by atoms with van der Waals surface area (Å²) in [6, 6.07) is 2.66. The Kier molecular flexibility index (Phi) is 4.44. The first kappa shape index (κ1) is 17.5. The molecular weight excluding hydrogens is 412 g/mol. The van der Waals surface area contributed by atoms with E-state index in [0.717, 1.165) is 22.5 Å². The van der Waals surface area contributed by atoms with Crippen LogP contribution in [0.1, 0.15) is 33.1 Å². The number of carbonyl (C=O) groups is 2. The van der Waals surface area contributed by atoms with E-state index in [1.165, 1.54) is 13.1 Å². The summed E-state index contributed by atoms with van der Waals surface area (Å²) in [4.78, 5) is 30.9. The normalized spacial score (nSPS) is 16.1. The molecule has 166 valence electrons. The molecule has 3 aromatic rings. The van der Waals surface area contributed by atoms with E-state index in [-0.39, 0.29) is 23.2 Å². The number of aromatic nitrogens is 5. The molecule has 12 nitrogen and oxygen atoms in total. The van der Waals surface area contributed by atoms with Gasteiger partial charge in [0, 0.05) is 61.8 Å². The van der Waals surface area contributed by atoms with Crippen molar-refractivity contribution in [3.63, 3.8) is 0 Å². The highest BCUT2D eigenvalue weighted by atomic mass is 16.2. The molecule has 0 bridgehead atoms. The number of rotatable bonds is 4. The maximum atomic E-state index is 12.7. The maximum Gasteiger partial charge on any atom is 0.320 e. The lowest BCUT2D eigenvalue weighted by atomic mass is 9.96. The number of anilines is 4. The average molecular weight is 439 g/mol. The molecule has 12 heteroatoms. The van der Waals surface area contributed by atoms with Crippen LogP contribution in [-0.4, -0.2) is 58.0 Å². The topological polar surface area (TPSA) is 142 Å². The minimum Gasteiger partial charge on any atom is -0.364 e. The summed E-state index contributed by atoms with van der Waals surface area (Å²) in [5.41, 5.74) is 3.24. The Labute approximate surface area is 188 Å². The van der Waals surface area contributed by atoms with Crippen molar-refractivity contribution < 1.29 is 13.7 Å². The molecule has 4 N–H and O–H groups in total. The highest BCUT2D eigenvalue weighted by molar-refractivity contribution is 6.00. The molecular formula is C20H24N10O2. The molecule has 4 heterocycles. The molecule has 0 aliphatic carbocycles. The van der Waals surface area contributed by atoms with E-state index < -0.39 is 18.9 Å². The van der Waals surface area contributed by atoms with Crippen molar-refractivity contribution in [1.82, 2.24) is 35.6 Å². The number of carbonyl (C=O) groups excluding carboxylic acids is 2. The van der Waals surface area contributed by atoms with Crippen molar-refractivity contribution >= 4 is 34.9 Å². The van der Waals surface area contributed by atoms with E-state index in [9.17, 15) is 9.59 Å². The number of aryl methyl sites for hydroxylation is 1. The number of pyridine rings is 1. The second-order valence-corrected chi connectivity index (χ2v) is 7.22. The van der Waals surface area contributed by atoms with Crippen LogP contribution >= 0.6 is 0 Å². The lowest BCUT2D eigenvalue weighted by Crippen LogP contribution is -2.28. The first-order chi connectivity index (χ1) is 16.5. The molecule has 0 aromatic carbocycles. The van der Waals surface area contributed by atoms with E-state index in [2.05, 4.69) is 36.2 Å². The van der Waals surface area contributed by atoms with Gasteiger partial charge >= 0.3 is 6.03 Å². The standard InChI is InChI=1S/C20H24N10O2/c1-10-12-9-29(4)28-15(12)11-6-7-23-18(17(11)30(10)5)24-13-8-14(25-20(32)22-3)26-27-16(13)19(31)21-2/h6-10H,1-5H3,(H,21,31)(H3,22,23,24,25,26,32)/t10-/m0/s1/i2D3. The monoisotopic (exact) mass is 439 g/mol. The zero-order chi connectivity index (χ0) is 25.5. The highest BCUT2D eigenvalue weighted by Gasteiger charge is 2.31. The van der Waals surface area contributed by atoms with Gasteiger partial charge in [-0.2, -0.15) is 5.10 Å². The molecule has 1 aliphatic rings. The molecule has 1 atom stereocenters. The Hall–Kier alpha value is -4.22. The van der Waals surface area contributed by atoms with Gasteiger partial charge in [-0.1, -0.05) is 0 Å². The lowest BCUT2D eigenvalue weighted by Gasteiger charge is -2.34. The van der Waals surface area contributed by atoms with E-state index in [1.807, 2.05) is 43.5 Å². The summed E-state index contributed by atoms with van der Waals surface area (Å²) >= 11 is 0. The summed E-state index contributed by atoms with van der Waals surface area (Å²) in [7, 11) is 5.20. The molecule has 1 aliphatic heterocycles. The number of hydrogen-bond acceptors (Lipinski definition) is 8. The summed E-state index contributed by atoms with van der Waals surface area (Å²) in [6.45, 7) is -0.695. The number of hydrogen-bond donors (Lipinski definition) is 4. The summed E-state index contributed by atoms with van der Waals surface area (Å²) in [6.07, 6.45) is 3.57. The van der Waals surface area contributed by atoms with Gasteiger partial charge in [-0.05, 0) is 13.0 Å². The number of amides is 3. The predicted molar refractivity (Wildman–Crippen MR) is 120 cm³/mol. The first-order valence-electron chi connectivity index (χ1n) is 11.2. The van der Waals surface area contributed by atoms with Crippen molar-refractivity contribution in [2.45, 2.75) is 13.0 Å². The smallest absolute Gasteiger partial charge is 0.320 e. The Morgan fingerprint density at radius 3 is 2.78 bits per heavy atom. The number of nitrogens with one attached hydrogen (secondary N) is 4. The molecule has 4 rings (SSSR count). The Balaban J connectivity index is 1.80. The SMILES string of the molecule is [2H]C([2H])([2H])NC(=O)c1nnc(NC(=O)NC)cc1Nc1nccc2c1N(C)[C@@H](C)c1cn(C)nc1-2. The number of urea groups is 1. The third kappa shape index (κ3) is 3.55. The van der Waals surface area contributed by atoms with Crippen molar-refractivity contribution in [1.29, 1.82) is 0 Å². The zero-order valence-electron chi connectivity index (χ0n) is 20.9. The van der Waals surface area contributed by atoms with Crippen molar-refractivity contribution in [3.05, 3.63) is 35.8 Å². The van der Waals surface area contributed by atoms with Gasteiger partial charge in [-0.25, -0.2) is 9.78 Å². The van der Waals surface area contributed by atoms with Crippen LogP contribution in [0.2, 0.25) is 0 Å². The third-order valence-corrected chi connectivity index (χ3v) is 5.26. The minimum atomic E-state index is -2.73. The van der Waals surface area contributed by atoms with E-state index in [0.29, 0.717) is 5.82 Å². The lowest BCUT2D eigenvalue weighted by molar-refractivity contribution is 0.0958. The van der Waals surface area contributed by atoms with Gasteiger partial charge in [0.15, 0.2) is 17.3 Å². The van der Waals surface area contributed by atoms with Crippen LogP contribution in [-0.2, 0) is 7.05 Å². The fourth-order valence-electron chi connectivity index (χ4n) is 3.60. The molecule has 0 spiro atoms.